The summed E-state index contributed by atoms with van der Waals surface area (Å²) in [5.74, 6) is 1.26. The molecule has 0 aromatic heterocycles. The molecule has 1 aliphatic carbocycles. The van der Waals surface area contributed by atoms with Crippen molar-refractivity contribution >= 4 is 17.8 Å². The monoisotopic (exact) mass is 364 g/mol. The molecule has 1 heterocycles. The first-order valence-electron chi connectivity index (χ1n) is 9.07. The molecule has 0 saturated heterocycles. The van der Waals surface area contributed by atoms with E-state index >= 15 is 0 Å². The van der Waals surface area contributed by atoms with Gasteiger partial charge in [0.15, 0.2) is 5.78 Å². The largest absolute Gasteiger partial charge is 0.493 e. The van der Waals surface area contributed by atoms with E-state index in [0.717, 1.165) is 22.6 Å². The topological polar surface area (TPSA) is 62.1 Å². The molecule has 1 aromatic rings. The Morgan fingerprint density at radius 3 is 2.70 bits per heavy atom. The summed E-state index contributed by atoms with van der Waals surface area (Å²) in [6.07, 6.45) is 9.19. The van der Waals surface area contributed by atoms with Gasteiger partial charge < -0.3 is 4.74 Å². The summed E-state index contributed by atoms with van der Waals surface area (Å²) in [5, 5.41) is 11.3. The van der Waals surface area contributed by atoms with Crippen LogP contribution in [0.25, 0.3) is 5.70 Å². The standard InChI is InChI=1S/C22H24N2O3/c1-15(2)10-11-27-22-7-5-4-6-18(22)20-13-19(23-14-24(20)26)17-8-9-21(25)16(3)12-17/h4-9,12-15,26H,10-11H2,1-3H3. The fourth-order valence-electron chi connectivity index (χ4n) is 2.79. The number of ketones is 1. The van der Waals surface area contributed by atoms with Crippen LogP contribution in [0, 0.1) is 5.92 Å². The maximum absolute atomic E-state index is 11.7. The number of aliphatic imine (C=N–C) groups is 1. The Kier molecular flexibility index (Phi) is 5.72. The lowest BCUT2D eigenvalue weighted by Crippen LogP contribution is -2.19. The Balaban J connectivity index is 1.95. The third kappa shape index (κ3) is 4.44. The van der Waals surface area contributed by atoms with Crippen molar-refractivity contribution < 1.29 is 14.7 Å². The second-order valence-corrected chi connectivity index (χ2v) is 7.01. The van der Waals surface area contributed by atoms with Crippen LogP contribution in [0.15, 0.2) is 70.4 Å². The first kappa shape index (κ1) is 18.9. The van der Waals surface area contributed by atoms with Gasteiger partial charge >= 0.3 is 0 Å². The van der Waals surface area contributed by atoms with E-state index in [0.29, 0.717) is 35.2 Å². The van der Waals surface area contributed by atoms with Crippen molar-refractivity contribution in [2.24, 2.45) is 10.9 Å². The molecular weight excluding hydrogens is 340 g/mol. The van der Waals surface area contributed by atoms with Gasteiger partial charge in [-0.2, -0.15) is 0 Å². The number of allylic oxidation sites excluding steroid dienone is 6. The van der Waals surface area contributed by atoms with Crippen LogP contribution < -0.4 is 4.74 Å². The number of nitrogens with zero attached hydrogens (tertiary/aromatic N) is 2. The van der Waals surface area contributed by atoms with Gasteiger partial charge in [-0.3, -0.25) is 10.0 Å². The van der Waals surface area contributed by atoms with Crippen molar-refractivity contribution in [2.45, 2.75) is 27.2 Å². The van der Waals surface area contributed by atoms with Crippen LogP contribution in [0.3, 0.4) is 0 Å². The van der Waals surface area contributed by atoms with Crippen LogP contribution in [0.4, 0.5) is 0 Å². The van der Waals surface area contributed by atoms with Gasteiger partial charge in [-0.1, -0.05) is 26.0 Å². The van der Waals surface area contributed by atoms with Gasteiger partial charge in [0, 0.05) is 11.1 Å². The number of para-hydroxylation sites is 1. The molecular formula is C22H24N2O3. The maximum Gasteiger partial charge on any atom is 0.181 e. The van der Waals surface area contributed by atoms with Crippen molar-refractivity contribution in [2.75, 3.05) is 6.61 Å². The summed E-state index contributed by atoms with van der Waals surface area (Å²) in [5.41, 5.74) is 3.52. The van der Waals surface area contributed by atoms with Crippen LogP contribution in [0.2, 0.25) is 0 Å². The highest BCUT2D eigenvalue weighted by molar-refractivity contribution is 6.05. The summed E-state index contributed by atoms with van der Waals surface area (Å²) < 4.78 is 5.95. The lowest BCUT2D eigenvalue weighted by atomic mass is 9.99. The highest BCUT2D eigenvalue weighted by Crippen LogP contribution is 2.32. The first-order chi connectivity index (χ1) is 13.0. The number of benzene rings is 1. The van der Waals surface area contributed by atoms with Crippen molar-refractivity contribution in [3.8, 4) is 5.75 Å². The number of hydrogen-bond acceptors (Lipinski definition) is 5. The zero-order valence-electron chi connectivity index (χ0n) is 15.8. The van der Waals surface area contributed by atoms with E-state index in [1.807, 2.05) is 24.3 Å². The summed E-state index contributed by atoms with van der Waals surface area (Å²) in [4.78, 5) is 15.9. The van der Waals surface area contributed by atoms with E-state index in [2.05, 4.69) is 18.8 Å². The Bertz CT molecular complexity index is 889. The molecule has 0 unspecified atom stereocenters. The Morgan fingerprint density at radius 2 is 1.96 bits per heavy atom. The number of carbonyl (C=O) groups excluding carboxylic acids is 1. The van der Waals surface area contributed by atoms with E-state index in [-0.39, 0.29) is 5.78 Å². The fraction of sp³-hybridized carbons (Fsp3) is 0.273. The number of rotatable bonds is 5. The summed E-state index contributed by atoms with van der Waals surface area (Å²) in [7, 11) is 0. The molecule has 0 radical (unpaired) electrons. The average molecular weight is 364 g/mol. The molecule has 1 aliphatic heterocycles. The van der Waals surface area contributed by atoms with Gasteiger partial charge in [0.25, 0.3) is 0 Å². The van der Waals surface area contributed by atoms with Gasteiger partial charge in [-0.15, -0.1) is 0 Å². The van der Waals surface area contributed by atoms with E-state index in [1.54, 1.807) is 25.2 Å². The zero-order valence-corrected chi connectivity index (χ0v) is 15.8. The molecule has 5 nitrogen and oxygen atoms in total. The fourth-order valence-corrected chi connectivity index (χ4v) is 2.79. The van der Waals surface area contributed by atoms with Gasteiger partial charge in [0.05, 0.1) is 18.0 Å². The number of ether oxygens (including phenoxy) is 1. The molecule has 140 valence electrons. The normalized spacial score (nSPS) is 19.4. The quantitative estimate of drug-likeness (QED) is 0.834. The van der Waals surface area contributed by atoms with Crippen molar-refractivity contribution in [3.63, 3.8) is 0 Å². The van der Waals surface area contributed by atoms with Crippen LogP contribution in [-0.2, 0) is 4.79 Å². The molecule has 2 aliphatic rings. The van der Waals surface area contributed by atoms with Crippen molar-refractivity contribution in [3.05, 3.63) is 71.0 Å². The summed E-state index contributed by atoms with van der Waals surface area (Å²) in [6.45, 7) is 6.70. The highest BCUT2D eigenvalue weighted by Gasteiger charge is 2.19. The third-order valence-corrected chi connectivity index (χ3v) is 4.41. The smallest absolute Gasteiger partial charge is 0.181 e. The zero-order chi connectivity index (χ0) is 19.4. The summed E-state index contributed by atoms with van der Waals surface area (Å²) in [6, 6.07) is 7.62. The minimum absolute atomic E-state index is 0.00368. The van der Waals surface area contributed by atoms with E-state index in [4.69, 9.17) is 4.74 Å². The highest BCUT2D eigenvalue weighted by atomic mass is 16.5. The number of carbonyl (C=O) groups is 1. The van der Waals surface area contributed by atoms with Gasteiger partial charge in [-0.05, 0) is 61.3 Å². The van der Waals surface area contributed by atoms with Gasteiger partial charge in [0.1, 0.15) is 12.1 Å². The summed E-state index contributed by atoms with van der Waals surface area (Å²) >= 11 is 0. The van der Waals surface area contributed by atoms with E-state index in [1.165, 1.54) is 12.4 Å². The minimum Gasteiger partial charge on any atom is -0.493 e. The number of hydrogen-bond donors (Lipinski definition) is 1. The molecule has 0 fully saturated rings. The van der Waals surface area contributed by atoms with E-state index < -0.39 is 0 Å². The molecule has 0 spiro atoms. The van der Waals surface area contributed by atoms with Crippen molar-refractivity contribution in [1.82, 2.24) is 5.06 Å². The van der Waals surface area contributed by atoms with Crippen LogP contribution in [0.5, 0.6) is 5.75 Å². The van der Waals surface area contributed by atoms with E-state index in [9.17, 15) is 10.0 Å². The number of hydroxylamine groups is 2. The second-order valence-electron chi connectivity index (χ2n) is 7.01. The van der Waals surface area contributed by atoms with Crippen LogP contribution in [0.1, 0.15) is 32.8 Å². The molecule has 0 atom stereocenters. The minimum atomic E-state index is -0.00368. The lowest BCUT2D eigenvalue weighted by molar-refractivity contribution is -0.111. The molecule has 3 rings (SSSR count). The molecule has 1 aromatic carbocycles. The Morgan fingerprint density at radius 1 is 1.19 bits per heavy atom. The van der Waals surface area contributed by atoms with Crippen LogP contribution in [-0.4, -0.2) is 29.0 Å². The molecule has 0 saturated carbocycles. The maximum atomic E-state index is 11.7. The molecule has 1 N–H and O–H groups in total. The molecule has 0 bridgehead atoms. The first-order valence-corrected chi connectivity index (χ1v) is 9.07. The average Bonchev–Trinajstić information content (AvgIpc) is 2.65. The molecule has 0 amide bonds. The Labute approximate surface area is 159 Å². The van der Waals surface area contributed by atoms with Gasteiger partial charge in [0.2, 0.25) is 0 Å². The lowest BCUT2D eigenvalue weighted by Gasteiger charge is -2.22. The van der Waals surface area contributed by atoms with Crippen molar-refractivity contribution in [1.29, 1.82) is 0 Å². The van der Waals surface area contributed by atoms with Crippen LogP contribution >= 0.6 is 0 Å². The molecule has 27 heavy (non-hydrogen) atoms. The van der Waals surface area contributed by atoms with Gasteiger partial charge in [-0.25, -0.2) is 10.1 Å². The second kappa shape index (κ2) is 8.18. The predicted molar refractivity (Wildman–Crippen MR) is 106 cm³/mol. The predicted octanol–water partition coefficient (Wildman–Crippen LogP) is 4.52. The Hall–Kier alpha value is -2.92. The molecule has 5 heteroatoms. The SMILES string of the molecule is CC1=CC(=C2C=C(c3ccccc3OCCC(C)C)N(O)C=N2)C=CC1=O. The third-order valence-electron chi connectivity index (χ3n) is 4.41.